The summed E-state index contributed by atoms with van der Waals surface area (Å²) in [5, 5.41) is 9.68. The van der Waals surface area contributed by atoms with Gasteiger partial charge in [0.2, 0.25) is 0 Å². The van der Waals surface area contributed by atoms with Crippen LogP contribution in [0.1, 0.15) is 33.4 Å². The van der Waals surface area contributed by atoms with Crippen LogP contribution in [0.15, 0.2) is 91.5 Å². The number of ether oxygens (including phenoxy) is 4. The van der Waals surface area contributed by atoms with Crippen LogP contribution in [0.3, 0.4) is 0 Å². The highest BCUT2D eigenvalue weighted by Gasteiger charge is 2.19. The van der Waals surface area contributed by atoms with Crippen molar-refractivity contribution in [3.63, 3.8) is 0 Å². The fourth-order valence-electron chi connectivity index (χ4n) is 5.70. The molecule has 0 saturated heterocycles. The first kappa shape index (κ1) is 35.6. The third kappa shape index (κ3) is 9.53. The average molecular weight is 727 g/mol. The fourth-order valence-corrected chi connectivity index (χ4v) is 6.43. The molecular formula is C38H35ClN4O7S. The molecule has 0 spiro atoms. The third-order valence-electron chi connectivity index (χ3n) is 8.33. The first-order valence-corrected chi connectivity index (χ1v) is 18.1. The largest absolute Gasteiger partial charge is 0.488 e. The van der Waals surface area contributed by atoms with Gasteiger partial charge >= 0.3 is 0 Å². The summed E-state index contributed by atoms with van der Waals surface area (Å²) in [6.07, 6.45) is 6.41. The van der Waals surface area contributed by atoms with Crippen molar-refractivity contribution in [1.29, 1.82) is 5.26 Å². The monoisotopic (exact) mass is 726 g/mol. The summed E-state index contributed by atoms with van der Waals surface area (Å²) < 4.78 is 57.0. The van der Waals surface area contributed by atoms with Crippen LogP contribution in [0.4, 0.5) is 0 Å². The second-order valence-electron chi connectivity index (χ2n) is 12.0. The normalized spacial score (nSPS) is 12.4. The van der Waals surface area contributed by atoms with Crippen LogP contribution in [-0.2, 0) is 36.4 Å². The van der Waals surface area contributed by atoms with E-state index in [0.29, 0.717) is 58.7 Å². The lowest BCUT2D eigenvalue weighted by molar-refractivity contribution is 0.171. The van der Waals surface area contributed by atoms with Crippen molar-refractivity contribution in [3.05, 3.63) is 130 Å². The fraction of sp³-hybridized carbons (Fsp3) is 0.237. The molecule has 1 N–H and O–H groups in total. The van der Waals surface area contributed by atoms with Gasteiger partial charge < -0.3 is 18.9 Å². The maximum Gasteiger partial charge on any atom is 0.266 e. The molecular weight excluding hydrogens is 692 g/mol. The Hall–Kier alpha value is -5.19. The van der Waals surface area contributed by atoms with Gasteiger partial charge in [-0.2, -0.15) is 13.7 Å². The van der Waals surface area contributed by atoms with E-state index in [2.05, 4.69) is 16.0 Å². The molecule has 1 aliphatic rings. The highest BCUT2D eigenvalue weighted by atomic mass is 35.5. The molecule has 13 heteroatoms. The molecule has 262 valence electrons. The van der Waals surface area contributed by atoms with Gasteiger partial charge in [0, 0.05) is 61.6 Å². The quantitative estimate of drug-likeness (QED) is 0.121. The highest BCUT2D eigenvalue weighted by molar-refractivity contribution is 7.85. The average Bonchev–Trinajstić information content (AvgIpc) is 3.13. The topological polar surface area (TPSA) is 144 Å². The molecule has 0 fully saturated rings. The number of benzene rings is 3. The Bertz CT molecular complexity index is 2160. The number of rotatable bonds is 14. The molecule has 0 unspecified atom stereocenters. The minimum absolute atomic E-state index is 0.0452. The molecule has 5 aromatic rings. The van der Waals surface area contributed by atoms with E-state index < -0.39 is 15.9 Å². The standard InChI is InChI=1S/C38H35ClN4O7S/c1-26-31(3-2-4-33(26)30-5-6-35-38(17-30)48-13-12-47-35)25-50-37-18-36(49-24-29-15-28(19-40)20-42-21-29)32(16-34(37)39)23-43(11-14-51(44,45)46)22-27-7-9-41-10-8-27/h2-10,15-18,20-21H,11-14,22-25H2,1H3,(H,44,45,46). The van der Waals surface area contributed by atoms with Crippen LogP contribution in [-0.4, -0.2) is 53.3 Å². The second kappa shape index (κ2) is 16.2. The zero-order valence-corrected chi connectivity index (χ0v) is 29.4. The molecule has 0 atom stereocenters. The van der Waals surface area contributed by atoms with Crippen molar-refractivity contribution in [3.8, 4) is 40.2 Å². The van der Waals surface area contributed by atoms with Crippen LogP contribution < -0.4 is 18.9 Å². The third-order valence-corrected chi connectivity index (χ3v) is 9.32. The van der Waals surface area contributed by atoms with Crippen molar-refractivity contribution in [2.45, 2.75) is 33.2 Å². The molecule has 2 aromatic heterocycles. The smallest absolute Gasteiger partial charge is 0.266 e. The molecule has 6 rings (SSSR count). The number of halogens is 1. The summed E-state index contributed by atoms with van der Waals surface area (Å²) in [5.74, 6) is 1.82. The predicted molar refractivity (Wildman–Crippen MR) is 191 cm³/mol. The van der Waals surface area contributed by atoms with Crippen LogP contribution in [0.25, 0.3) is 11.1 Å². The van der Waals surface area contributed by atoms with Crippen molar-refractivity contribution in [1.82, 2.24) is 14.9 Å². The Balaban J connectivity index is 1.27. The number of nitrogens with zero attached hydrogens (tertiary/aromatic N) is 4. The number of aromatic nitrogens is 2. The zero-order chi connectivity index (χ0) is 35.8. The lowest BCUT2D eigenvalue weighted by atomic mass is 9.96. The molecule has 3 aromatic carbocycles. The van der Waals surface area contributed by atoms with E-state index in [4.69, 9.17) is 30.5 Å². The molecule has 0 amide bonds. The Kier molecular flexibility index (Phi) is 11.3. The summed E-state index contributed by atoms with van der Waals surface area (Å²) in [6, 6.07) is 22.8. The predicted octanol–water partition coefficient (Wildman–Crippen LogP) is 6.80. The van der Waals surface area contributed by atoms with Crippen molar-refractivity contribution in [2.75, 3.05) is 25.5 Å². The second-order valence-corrected chi connectivity index (χ2v) is 13.9. The van der Waals surface area contributed by atoms with Crippen molar-refractivity contribution < 1.29 is 31.9 Å². The summed E-state index contributed by atoms with van der Waals surface area (Å²) >= 11 is 6.84. The van der Waals surface area contributed by atoms with Gasteiger partial charge in [0.15, 0.2) is 11.5 Å². The molecule has 11 nitrogen and oxygen atoms in total. The Labute approximate surface area is 301 Å². The van der Waals surface area contributed by atoms with E-state index in [0.717, 1.165) is 33.6 Å². The number of nitriles is 1. The molecule has 0 aliphatic carbocycles. The van der Waals surface area contributed by atoms with Gasteiger partial charge in [-0.25, -0.2) is 0 Å². The van der Waals surface area contributed by atoms with E-state index in [-0.39, 0.29) is 26.3 Å². The summed E-state index contributed by atoms with van der Waals surface area (Å²) in [6.45, 7) is 4.05. The molecule has 0 bridgehead atoms. The Morgan fingerprint density at radius 2 is 1.67 bits per heavy atom. The molecule has 3 heterocycles. The van der Waals surface area contributed by atoms with Gasteiger partial charge in [-0.05, 0) is 71.1 Å². The van der Waals surface area contributed by atoms with E-state index in [9.17, 15) is 18.2 Å². The molecule has 0 saturated carbocycles. The van der Waals surface area contributed by atoms with E-state index in [1.165, 1.54) is 6.20 Å². The van der Waals surface area contributed by atoms with Gasteiger partial charge in [-0.3, -0.25) is 19.4 Å². The van der Waals surface area contributed by atoms with Gasteiger partial charge in [-0.1, -0.05) is 35.9 Å². The van der Waals surface area contributed by atoms with Gasteiger partial charge in [0.05, 0.1) is 16.3 Å². The lowest BCUT2D eigenvalue weighted by Gasteiger charge is -2.24. The Morgan fingerprint density at radius 3 is 2.45 bits per heavy atom. The van der Waals surface area contributed by atoms with Gasteiger partial charge in [0.1, 0.15) is 44.0 Å². The minimum Gasteiger partial charge on any atom is -0.488 e. The number of hydrogen-bond acceptors (Lipinski definition) is 10. The van der Waals surface area contributed by atoms with Crippen LogP contribution in [0, 0.1) is 18.3 Å². The van der Waals surface area contributed by atoms with E-state index >= 15 is 0 Å². The number of fused-ring (bicyclic) bond motifs is 1. The van der Waals surface area contributed by atoms with E-state index in [1.807, 2.05) is 60.4 Å². The SMILES string of the molecule is Cc1c(COc2cc(OCc3cncc(C#N)c3)c(CN(CCS(=O)(=O)O)Cc3ccncc3)cc2Cl)cccc1-c1ccc2c(c1)OCCO2. The van der Waals surface area contributed by atoms with Crippen molar-refractivity contribution >= 4 is 21.7 Å². The maximum absolute atomic E-state index is 11.7. The van der Waals surface area contributed by atoms with Crippen LogP contribution in [0.5, 0.6) is 23.0 Å². The summed E-state index contributed by atoms with van der Waals surface area (Å²) in [7, 11) is -4.22. The first-order valence-electron chi connectivity index (χ1n) is 16.1. The maximum atomic E-state index is 11.7. The van der Waals surface area contributed by atoms with Crippen molar-refractivity contribution in [2.24, 2.45) is 0 Å². The number of pyridine rings is 2. The van der Waals surface area contributed by atoms with E-state index in [1.54, 1.807) is 36.8 Å². The zero-order valence-electron chi connectivity index (χ0n) is 27.8. The number of hydrogen-bond donors (Lipinski definition) is 1. The first-order chi connectivity index (χ1) is 24.6. The van der Waals surface area contributed by atoms with Crippen LogP contribution >= 0.6 is 11.6 Å². The lowest BCUT2D eigenvalue weighted by Crippen LogP contribution is -2.29. The molecule has 0 radical (unpaired) electrons. The van der Waals surface area contributed by atoms with Gasteiger partial charge in [-0.15, -0.1) is 0 Å². The molecule has 51 heavy (non-hydrogen) atoms. The van der Waals surface area contributed by atoms with Crippen LogP contribution in [0.2, 0.25) is 5.02 Å². The molecule has 1 aliphatic heterocycles. The minimum atomic E-state index is -4.22. The van der Waals surface area contributed by atoms with Gasteiger partial charge in [0.25, 0.3) is 10.1 Å². The summed E-state index contributed by atoms with van der Waals surface area (Å²) in [5.41, 5.74) is 6.68. The Morgan fingerprint density at radius 1 is 0.882 bits per heavy atom. The highest BCUT2D eigenvalue weighted by Crippen LogP contribution is 2.38. The summed E-state index contributed by atoms with van der Waals surface area (Å²) in [4.78, 5) is 10.1.